The van der Waals surface area contributed by atoms with Crippen molar-refractivity contribution in [1.82, 2.24) is 14.9 Å². The predicted molar refractivity (Wildman–Crippen MR) is 138 cm³/mol. The van der Waals surface area contributed by atoms with Gasteiger partial charge in [-0.2, -0.15) is 0 Å². The number of nitrogens with zero attached hydrogens (tertiary/aromatic N) is 3. The van der Waals surface area contributed by atoms with Gasteiger partial charge in [-0.3, -0.25) is 4.79 Å². The van der Waals surface area contributed by atoms with E-state index >= 15 is 0 Å². The van der Waals surface area contributed by atoms with Gasteiger partial charge >= 0.3 is 0 Å². The van der Waals surface area contributed by atoms with Gasteiger partial charge in [-0.05, 0) is 56.9 Å². The second-order valence-corrected chi connectivity index (χ2v) is 9.54. The lowest BCUT2D eigenvalue weighted by atomic mass is 10.1. The van der Waals surface area contributed by atoms with Crippen molar-refractivity contribution in [2.75, 3.05) is 44.5 Å². The summed E-state index contributed by atoms with van der Waals surface area (Å²) in [5, 5.41) is 6.94. The summed E-state index contributed by atoms with van der Waals surface area (Å²) in [6.07, 6.45) is 4.80. The van der Waals surface area contributed by atoms with Crippen LogP contribution in [-0.4, -0.2) is 54.6 Å². The molecule has 1 saturated heterocycles. The molecule has 0 bridgehead atoms. The Kier molecular flexibility index (Phi) is 6.68. The van der Waals surface area contributed by atoms with E-state index in [1.165, 1.54) is 18.5 Å². The predicted octanol–water partition coefficient (Wildman–Crippen LogP) is 4.12. The average molecular weight is 486 g/mol. The van der Waals surface area contributed by atoms with Gasteiger partial charge < -0.3 is 20.3 Å². The van der Waals surface area contributed by atoms with Crippen molar-refractivity contribution in [2.24, 2.45) is 17.8 Å². The molecule has 1 aliphatic heterocycles. The fraction of sp³-hybridized carbons (Fsp3) is 0.321. The summed E-state index contributed by atoms with van der Waals surface area (Å²) in [6, 6.07) is 8.51. The number of hydrogen-bond donors (Lipinski definition) is 2. The lowest BCUT2D eigenvalue weighted by Crippen LogP contribution is -2.13. The maximum absolute atomic E-state index is 13.7. The Hall–Kier alpha value is -3.80. The molecule has 2 heterocycles. The van der Waals surface area contributed by atoms with Crippen LogP contribution in [0.4, 0.5) is 21.6 Å². The second-order valence-electron chi connectivity index (χ2n) is 9.54. The van der Waals surface area contributed by atoms with Crippen molar-refractivity contribution in [3.05, 3.63) is 65.8 Å². The van der Waals surface area contributed by atoms with E-state index in [1.54, 1.807) is 25.1 Å². The summed E-state index contributed by atoms with van der Waals surface area (Å²) in [5.41, 5.74) is 3.21. The number of carbonyl (C=O) groups is 1. The highest BCUT2D eigenvalue weighted by atomic mass is 19.1. The van der Waals surface area contributed by atoms with Crippen LogP contribution in [0, 0.1) is 42.3 Å². The summed E-state index contributed by atoms with van der Waals surface area (Å²) < 4.78 is 19.2. The molecule has 0 radical (unpaired) electrons. The van der Waals surface area contributed by atoms with Crippen LogP contribution in [0.25, 0.3) is 10.9 Å². The largest absolute Gasteiger partial charge is 0.381 e. The van der Waals surface area contributed by atoms with Gasteiger partial charge in [-0.15, -0.1) is 0 Å². The molecule has 1 amide bonds. The summed E-state index contributed by atoms with van der Waals surface area (Å²) >= 11 is 0. The van der Waals surface area contributed by atoms with E-state index in [0.717, 1.165) is 13.2 Å². The molecule has 3 atom stereocenters. The Bertz CT molecular complexity index is 1400. The number of anilines is 3. The Morgan fingerprint density at radius 1 is 1.22 bits per heavy atom. The Balaban J connectivity index is 1.49. The van der Waals surface area contributed by atoms with E-state index in [1.807, 2.05) is 31.1 Å². The Labute approximate surface area is 209 Å². The van der Waals surface area contributed by atoms with Crippen molar-refractivity contribution in [2.45, 2.75) is 6.92 Å². The molecule has 2 aromatic carbocycles. The van der Waals surface area contributed by atoms with Crippen LogP contribution in [0.2, 0.25) is 0 Å². The standard InChI is InChI=1S/C28H28FN5O2/c1-17-11-19(7-9-24(17)29)32-28-21-13-25(33-27(35)5-4-10-34(2)3)18(12-26(21)30-16-31-28)6-8-20-22-14-36-15-23(20)22/h4-5,7,9,11-13,16,20,22-23H,10,14-15H2,1-3H3,(H,33,35)(H,30,31,32)/b5-4+/t20?,22-,23+. The van der Waals surface area contributed by atoms with Crippen molar-refractivity contribution in [3.63, 3.8) is 0 Å². The van der Waals surface area contributed by atoms with Gasteiger partial charge in [0.25, 0.3) is 0 Å². The van der Waals surface area contributed by atoms with Gasteiger partial charge in [-0.1, -0.05) is 17.9 Å². The summed E-state index contributed by atoms with van der Waals surface area (Å²) in [6.45, 7) is 3.91. The number of likely N-dealkylation sites (N-methyl/N-ethyl adjacent to an activating group) is 1. The fourth-order valence-electron chi connectivity index (χ4n) is 4.43. The smallest absolute Gasteiger partial charge is 0.248 e. The molecule has 1 saturated carbocycles. The lowest BCUT2D eigenvalue weighted by Gasteiger charge is -2.12. The average Bonchev–Trinajstić information content (AvgIpc) is 3.26. The molecule has 1 aromatic heterocycles. The molecule has 1 unspecified atom stereocenters. The van der Waals surface area contributed by atoms with Crippen LogP contribution in [0.3, 0.4) is 0 Å². The van der Waals surface area contributed by atoms with Gasteiger partial charge in [0.1, 0.15) is 18.0 Å². The van der Waals surface area contributed by atoms with Crippen LogP contribution >= 0.6 is 0 Å². The Morgan fingerprint density at radius 2 is 2.03 bits per heavy atom. The lowest BCUT2D eigenvalue weighted by molar-refractivity contribution is -0.111. The third-order valence-corrected chi connectivity index (χ3v) is 6.52. The quantitative estimate of drug-likeness (QED) is 0.404. The number of amides is 1. The summed E-state index contributed by atoms with van der Waals surface area (Å²) in [5.74, 6) is 8.07. The highest BCUT2D eigenvalue weighted by Gasteiger charge is 2.53. The first kappa shape index (κ1) is 23.9. The number of halogens is 1. The number of aryl methyl sites for hydroxylation is 1. The van der Waals surface area contributed by atoms with Crippen molar-refractivity contribution in [3.8, 4) is 11.8 Å². The summed E-state index contributed by atoms with van der Waals surface area (Å²) in [4.78, 5) is 23.5. The van der Waals surface area contributed by atoms with E-state index < -0.39 is 0 Å². The third-order valence-electron chi connectivity index (χ3n) is 6.52. The van der Waals surface area contributed by atoms with Crippen LogP contribution < -0.4 is 10.6 Å². The van der Waals surface area contributed by atoms with Crippen LogP contribution in [0.1, 0.15) is 11.1 Å². The molecule has 2 fully saturated rings. The highest BCUT2D eigenvalue weighted by molar-refractivity contribution is 6.03. The van der Waals surface area contributed by atoms with Gasteiger partial charge in [0, 0.05) is 41.4 Å². The molecular formula is C28H28FN5O2. The van der Waals surface area contributed by atoms with Crippen LogP contribution in [0.5, 0.6) is 0 Å². The number of benzene rings is 2. The normalized spacial score (nSPS) is 20.3. The van der Waals surface area contributed by atoms with Crippen molar-refractivity contribution in [1.29, 1.82) is 0 Å². The van der Waals surface area contributed by atoms with E-state index in [4.69, 9.17) is 4.74 Å². The molecule has 7 nitrogen and oxygen atoms in total. The number of carbonyl (C=O) groups excluding carboxylic acids is 1. The minimum atomic E-state index is -0.269. The number of nitrogens with one attached hydrogen (secondary N) is 2. The zero-order valence-electron chi connectivity index (χ0n) is 20.5. The van der Waals surface area contributed by atoms with E-state index in [0.29, 0.717) is 63.5 Å². The topological polar surface area (TPSA) is 79.4 Å². The Morgan fingerprint density at radius 3 is 2.78 bits per heavy atom. The molecule has 5 rings (SSSR count). The highest BCUT2D eigenvalue weighted by Crippen LogP contribution is 2.50. The van der Waals surface area contributed by atoms with Gasteiger partial charge in [0.05, 0.1) is 30.0 Å². The van der Waals surface area contributed by atoms with E-state index in [-0.39, 0.29) is 11.7 Å². The maximum Gasteiger partial charge on any atom is 0.248 e. The first-order valence-electron chi connectivity index (χ1n) is 11.9. The minimum Gasteiger partial charge on any atom is -0.381 e. The number of rotatable bonds is 6. The number of hydrogen-bond acceptors (Lipinski definition) is 6. The van der Waals surface area contributed by atoms with E-state index in [9.17, 15) is 9.18 Å². The molecule has 1 aliphatic carbocycles. The third kappa shape index (κ3) is 5.23. The number of aromatic nitrogens is 2. The van der Waals surface area contributed by atoms with Crippen molar-refractivity contribution >= 4 is 34.0 Å². The molecule has 2 aliphatic rings. The fourth-order valence-corrected chi connectivity index (χ4v) is 4.43. The zero-order chi connectivity index (χ0) is 25.2. The monoisotopic (exact) mass is 485 g/mol. The van der Waals surface area contributed by atoms with E-state index in [2.05, 4.69) is 32.4 Å². The molecule has 36 heavy (non-hydrogen) atoms. The first-order valence-corrected chi connectivity index (χ1v) is 11.9. The minimum absolute atomic E-state index is 0.239. The first-order chi connectivity index (χ1) is 17.4. The van der Waals surface area contributed by atoms with Crippen LogP contribution in [0.15, 0.2) is 48.8 Å². The molecule has 3 aromatic rings. The second kappa shape index (κ2) is 10.1. The van der Waals surface area contributed by atoms with Crippen molar-refractivity contribution < 1.29 is 13.9 Å². The SMILES string of the molecule is Cc1cc(Nc2ncnc3cc(C#CC4[C@H]5COC[C@@H]45)c(NC(=O)/C=C/CN(C)C)cc23)ccc1F. The van der Waals surface area contributed by atoms with Gasteiger partial charge in [-0.25, -0.2) is 14.4 Å². The van der Waals surface area contributed by atoms with Gasteiger partial charge in [0.15, 0.2) is 0 Å². The zero-order valence-corrected chi connectivity index (χ0v) is 20.5. The van der Waals surface area contributed by atoms with Crippen LogP contribution in [-0.2, 0) is 9.53 Å². The van der Waals surface area contributed by atoms with Gasteiger partial charge in [0.2, 0.25) is 5.91 Å². The maximum atomic E-state index is 13.7. The number of fused-ring (bicyclic) bond motifs is 2. The molecule has 184 valence electrons. The molecule has 2 N–H and O–H groups in total. The number of ether oxygens (including phenoxy) is 1. The molecular weight excluding hydrogens is 457 g/mol. The molecule has 8 heteroatoms. The molecule has 0 spiro atoms. The summed E-state index contributed by atoms with van der Waals surface area (Å²) in [7, 11) is 3.88.